The Morgan fingerprint density at radius 3 is 2.17 bits per heavy atom. The lowest BCUT2D eigenvalue weighted by Crippen LogP contribution is -2.54. The Morgan fingerprint density at radius 1 is 1.00 bits per heavy atom. The van der Waals surface area contributed by atoms with E-state index < -0.39 is 23.5 Å². The highest BCUT2D eigenvalue weighted by Gasteiger charge is 2.41. The summed E-state index contributed by atoms with van der Waals surface area (Å²) in [5.41, 5.74) is 3.69. The fourth-order valence-corrected chi connectivity index (χ4v) is 5.26. The molecule has 2 amide bonds. The first-order chi connectivity index (χ1) is 16.9. The van der Waals surface area contributed by atoms with E-state index in [0.29, 0.717) is 12.8 Å². The number of amides is 2. The molecule has 1 atom stereocenters. The highest BCUT2D eigenvalue weighted by Crippen LogP contribution is 2.44. The average Bonchev–Trinajstić information content (AvgIpc) is 3.20. The maximum atomic E-state index is 13.1. The number of rotatable bonds is 9. The number of hydrogen-bond acceptors (Lipinski definition) is 5. The minimum Gasteiger partial charge on any atom is -0.480 e. The normalized spacial score (nSPS) is 17.1. The van der Waals surface area contributed by atoms with E-state index in [1.54, 1.807) is 0 Å². The van der Waals surface area contributed by atoms with Gasteiger partial charge in [-0.3, -0.25) is 4.79 Å². The predicted octanol–water partition coefficient (Wildman–Crippen LogP) is 3.69. The number of fused-ring (bicyclic) bond motifs is 3. The van der Waals surface area contributed by atoms with Crippen LogP contribution in [0.15, 0.2) is 48.5 Å². The van der Waals surface area contributed by atoms with Gasteiger partial charge in [-0.05, 0) is 35.1 Å². The lowest BCUT2D eigenvalue weighted by Gasteiger charge is -2.36. The number of methoxy groups -OCH3 is 1. The number of ether oxygens (including phenoxy) is 2. The summed E-state index contributed by atoms with van der Waals surface area (Å²) in [6.07, 6.45) is 3.23. The predicted molar refractivity (Wildman–Crippen MR) is 130 cm³/mol. The number of benzene rings is 2. The van der Waals surface area contributed by atoms with Crippen molar-refractivity contribution in [3.05, 3.63) is 59.7 Å². The van der Waals surface area contributed by atoms with E-state index in [9.17, 15) is 19.5 Å². The molecule has 0 saturated heterocycles. The van der Waals surface area contributed by atoms with Crippen LogP contribution in [0.5, 0.6) is 0 Å². The van der Waals surface area contributed by atoms with Crippen molar-refractivity contribution in [3.8, 4) is 11.1 Å². The number of alkyl carbamates (subject to hydrolysis) is 1. The zero-order chi connectivity index (χ0) is 24.8. The molecule has 1 saturated carbocycles. The SMILES string of the molecule is COCC(NC(=O)C1(CNC(=O)OCC2c3ccccc3-c3ccccc32)CCCCC1)C(=O)O. The summed E-state index contributed by atoms with van der Waals surface area (Å²) in [4.78, 5) is 37.3. The molecule has 2 aliphatic rings. The van der Waals surface area contributed by atoms with Crippen molar-refractivity contribution in [2.24, 2.45) is 5.41 Å². The standard InChI is InChI=1S/C27H32N2O6/c1-34-16-23(24(30)31)29-25(32)27(13-7-2-8-14-27)17-28-26(33)35-15-22-20-11-5-3-9-18(20)19-10-4-6-12-21(19)22/h3-6,9-12,22-23H,2,7-8,13-17H2,1H3,(H,28,33)(H,29,32)(H,30,31). The number of hydrogen-bond donors (Lipinski definition) is 3. The van der Waals surface area contributed by atoms with Crippen molar-refractivity contribution in [3.63, 3.8) is 0 Å². The molecule has 3 N–H and O–H groups in total. The zero-order valence-electron chi connectivity index (χ0n) is 19.9. The Labute approximate surface area is 205 Å². The third-order valence-corrected chi connectivity index (χ3v) is 7.14. The van der Waals surface area contributed by atoms with E-state index >= 15 is 0 Å². The second kappa shape index (κ2) is 10.9. The van der Waals surface area contributed by atoms with Gasteiger partial charge in [-0.25, -0.2) is 9.59 Å². The fraction of sp³-hybridized carbons (Fsp3) is 0.444. The van der Waals surface area contributed by atoms with E-state index in [-0.39, 0.29) is 31.6 Å². The Bertz CT molecular complexity index is 1030. The maximum absolute atomic E-state index is 13.1. The molecule has 1 unspecified atom stereocenters. The summed E-state index contributed by atoms with van der Waals surface area (Å²) in [7, 11) is 1.39. The van der Waals surface area contributed by atoms with Gasteiger partial charge in [0, 0.05) is 19.6 Å². The topological polar surface area (TPSA) is 114 Å². The van der Waals surface area contributed by atoms with Crippen LogP contribution in [0.25, 0.3) is 11.1 Å². The third-order valence-electron chi connectivity index (χ3n) is 7.14. The van der Waals surface area contributed by atoms with E-state index in [1.807, 2.05) is 24.3 Å². The Balaban J connectivity index is 1.39. The van der Waals surface area contributed by atoms with Gasteiger partial charge >= 0.3 is 12.1 Å². The molecule has 2 aromatic carbocycles. The van der Waals surface area contributed by atoms with E-state index in [1.165, 1.54) is 7.11 Å². The van der Waals surface area contributed by atoms with Crippen LogP contribution in [0, 0.1) is 5.41 Å². The Kier molecular flexibility index (Phi) is 7.70. The molecule has 0 radical (unpaired) electrons. The van der Waals surface area contributed by atoms with Gasteiger partial charge in [-0.15, -0.1) is 0 Å². The molecule has 1 fully saturated rings. The number of carboxylic acid groups (broad SMARTS) is 1. The van der Waals surface area contributed by atoms with Crippen LogP contribution >= 0.6 is 0 Å². The van der Waals surface area contributed by atoms with Crippen molar-refractivity contribution in [1.29, 1.82) is 0 Å². The van der Waals surface area contributed by atoms with Gasteiger partial charge in [-0.2, -0.15) is 0 Å². The summed E-state index contributed by atoms with van der Waals surface area (Å²) < 4.78 is 10.5. The summed E-state index contributed by atoms with van der Waals surface area (Å²) in [6.45, 7) is 0.153. The molecule has 2 aromatic rings. The average molecular weight is 481 g/mol. The number of carbonyl (C=O) groups excluding carboxylic acids is 2. The van der Waals surface area contributed by atoms with Crippen molar-refractivity contribution in [2.45, 2.75) is 44.1 Å². The lowest BCUT2D eigenvalue weighted by atomic mass is 9.73. The van der Waals surface area contributed by atoms with E-state index in [4.69, 9.17) is 9.47 Å². The summed E-state index contributed by atoms with van der Waals surface area (Å²) >= 11 is 0. The van der Waals surface area contributed by atoms with Crippen molar-refractivity contribution >= 4 is 18.0 Å². The van der Waals surface area contributed by atoms with Crippen LogP contribution in [-0.2, 0) is 19.1 Å². The van der Waals surface area contributed by atoms with Gasteiger partial charge in [0.1, 0.15) is 6.61 Å². The zero-order valence-corrected chi connectivity index (χ0v) is 19.9. The summed E-state index contributed by atoms with van der Waals surface area (Å²) in [5, 5.41) is 14.8. The molecular weight excluding hydrogens is 448 g/mol. The van der Waals surface area contributed by atoms with Gasteiger partial charge in [-0.1, -0.05) is 67.8 Å². The van der Waals surface area contributed by atoms with Gasteiger partial charge in [0.2, 0.25) is 5.91 Å². The third kappa shape index (κ3) is 5.32. The molecule has 186 valence electrons. The minimum atomic E-state index is -1.16. The highest BCUT2D eigenvalue weighted by atomic mass is 16.5. The molecule has 0 aliphatic heterocycles. The van der Waals surface area contributed by atoms with Crippen LogP contribution in [0.1, 0.15) is 49.1 Å². The van der Waals surface area contributed by atoms with Crippen LogP contribution in [0.3, 0.4) is 0 Å². The molecule has 2 aliphatic carbocycles. The molecular formula is C27H32N2O6. The second-order valence-corrected chi connectivity index (χ2v) is 9.34. The van der Waals surface area contributed by atoms with Crippen molar-refractivity contribution in [2.75, 3.05) is 26.9 Å². The largest absolute Gasteiger partial charge is 0.480 e. The monoisotopic (exact) mass is 480 g/mol. The first-order valence-electron chi connectivity index (χ1n) is 12.1. The molecule has 0 aromatic heterocycles. The first-order valence-corrected chi connectivity index (χ1v) is 12.1. The van der Waals surface area contributed by atoms with E-state index in [0.717, 1.165) is 41.5 Å². The molecule has 0 spiro atoms. The fourth-order valence-electron chi connectivity index (χ4n) is 5.26. The van der Waals surface area contributed by atoms with Gasteiger partial charge in [0.25, 0.3) is 0 Å². The van der Waals surface area contributed by atoms with Gasteiger partial charge < -0.3 is 25.2 Å². The van der Waals surface area contributed by atoms with Crippen LogP contribution in [0.4, 0.5) is 4.79 Å². The molecule has 4 rings (SSSR count). The highest BCUT2D eigenvalue weighted by molar-refractivity contribution is 5.88. The lowest BCUT2D eigenvalue weighted by molar-refractivity contribution is -0.146. The van der Waals surface area contributed by atoms with Crippen molar-refractivity contribution in [1.82, 2.24) is 10.6 Å². The second-order valence-electron chi connectivity index (χ2n) is 9.34. The van der Waals surface area contributed by atoms with Crippen LogP contribution in [0.2, 0.25) is 0 Å². The smallest absolute Gasteiger partial charge is 0.407 e. The number of nitrogens with one attached hydrogen (secondary N) is 2. The molecule has 8 heteroatoms. The van der Waals surface area contributed by atoms with Crippen LogP contribution in [-0.4, -0.2) is 56.0 Å². The summed E-state index contributed by atoms with van der Waals surface area (Å²) in [6, 6.07) is 15.1. The van der Waals surface area contributed by atoms with Crippen LogP contribution < -0.4 is 10.6 Å². The Hall–Kier alpha value is -3.39. The van der Waals surface area contributed by atoms with E-state index in [2.05, 4.69) is 34.9 Å². The number of carboxylic acids is 1. The summed E-state index contributed by atoms with van der Waals surface area (Å²) in [5.74, 6) is -1.58. The number of carbonyl (C=O) groups is 3. The number of aliphatic carboxylic acids is 1. The Morgan fingerprint density at radius 2 is 1.60 bits per heavy atom. The van der Waals surface area contributed by atoms with Gasteiger partial charge in [0.15, 0.2) is 6.04 Å². The minimum absolute atomic E-state index is 0.0505. The van der Waals surface area contributed by atoms with Crippen molar-refractivity contribution < 1.29 is 29.0 Å². The maximum Gasteiger partial charge on any atom is 0.407 e. The van der Waals surface area contributed by atoms with Gasteiger partial charge in [0.05, 0.1) is 12.0 Å². The quantitative estimate of drug-likeness (QED) is 0.504. The molecule has 8 nitrogen and oxygen atoms in total. The first kappa shape index (κ1) is 24.7. The molecule has 0 heterocycles. The molecule has 35 heavy (non-hydrogen) atoms. The molecule has 0 bridgehead atoms.